The smallest absolute Gasteiger partial charge is 0.252 e. The fourth-order valence-electron chi connectivity index (χ4n) is 2.61. The highest BCUT2D eigenvalue weighted by Crippen LogP contribution is 2.16. The molecule has 142 valence electrons. The van der Waals surface area contributed by atoms with E-state index in [0.717, 1.165) is 11.3 Å². The number of amides is 1. The summed E-state index contributed by atoms with van der Waals surface area (Å²) < 4.78 is 12.9. The van der Waals surface area contributed by atoms with Gasteiger partial charge in [0.05, 0.1) is 5.56 Å². The minimum Gasteiger partial charge on any atom is -0.352 e. The topological polar surface area (TPSA) is 71.1 Å². The number of carbonyl (C=O) groups excluding carboxylic acids is 2. The van der Waals surface area contributed by atoms with Crippen molar-refractivity contribution in [2.45, 2.75) is 13.3 Å². The average Bonchev–Trinajstić information content (AvgIpc) is 2.70. The maximum Gasteiger partial charge on any atom is 0.252 e. The second-order valence-corrected chi connectivity index (χ2v) is 6.32. The van der Waals surface area contributed by atoms with Crippen molar-refractivity contribution < 1.29 is 14.0 Å². The number of nitrogens with zero attached hydrogens (tertiary/aromatic N) is 1. The molecule has 0 aliphatic heterocycles. The molecule has 1 aromatic heterocycles. The van der Waals surface area contributed by atoms with Gasteiger partial charge >= 0.3 is 0 Å². The van der Waals surface area contributed by atoms with Gasteiger partial charge in [0, 0.05) is 24.0 Å². The van der Waals surface area contributed by atoms with Crippen molar-refractivity contribution in [3.05, 3.63) is 89.4 Å². The van der Waals surface area contributed by atoms with Gasteiger partial charge in [-0.3, -0.25) is 9.59 Å². The first-order valence-corrected chi connectivity index (χ1v) is 8.88. The summed E-state index contributed by atoms with van der Waals surface area (Å²) in [7, 11) is 0. The van der Waals surface area contributed by atoms with Gasteiger partial charge in [-0.05, 0) is 67.4 Å². The Kier molecular flexibility index (Phi) is 6.11. The van der Waals surface area contributed by atoms with Crippen molar-refractivity contribution in [3.8, 4) is 0 Å². The minimum atomic E-state index is -0.276. The Hall–Kier alpha value is -3.54. The second kappa shape index (κ2) is 8.90. The number of pyridine rings is 1. The maximum absolute atomic E-state index is 12.9. The first kappa shape index (κ1) is 19.2. The van der Waals surface area contributed by atoms with Crippen molar-refractivity contribution in [1.82, 2.24) is 10.3 Å². The van der Waals surface area contributed by atoms with Crippen LogP contribution in [0.2, 0.25) is 0 Å². The van der Waals surface area contributed by atoms with Gasteiger partial charge in [0.25, 0.3) is 5.91 Å². The van der Waals surface area contributed by atoms with Gasteiger partial charge in [-0.2, -0.15) is 0 Å². The molecule has 6 heteroatoms. The van der Waals surface area contributed by atoms with Gasteiger partial charge in [0.1, 0.15) is 11.6 Å². The van der Waals surface area contributed by atoms with E-state index in [0.29, 0.717) is 29.9 Å². The molecular formula is C22H20FN3O2. The Balaban J connectivity index is 1.52. The van der Waals surface area contributed by atoms with Crippen LogP contribution in [0.25, 0.3) is 0 Å². The fraction of sp³-hybridized carbons (Fsp3) is 0.136. The highest BCUT2D eigenvalue weighted by Gasteiger charge is 2.06. The van der Waals surface area contributed by atoms with Gasteiger partial charge in [0.2, 0.25) is 0 Å². The number of hydrogen-bond acceptors (Lipinski definition) is 4. The van der Waals surface area contributed by atoms with Crippen molar-refractivity contribution >= 4 is 23.2 Å². The molecule has 2 N–H and O–H groups in total. The monoisotopic (exact) mass is 377 g/mol. The van der Waals surface area contributed by atoms with Gasteiger partial charge in [-0.1, -0.05) is 12.1 Å². The molecular weight excluding hydrogens is 357 g/mol. The molecule has 0 bridgehead atoms. The molecule has 5 nitrogen and oxygen atoms in total. The molecule has 2 aromatic carbocycles. The quantitative estimate of drug-likeness (QED) is 0.607. The SMILES string of the molecule is CC(=O)c1ccc(Nc2ccc(C(=O)NCCc3ccc(F)cc3)cn2)cc1. The van der Waals surface area contributed by atoms with E-state index < -0.39 is 0 Å². The van der Waals surface area contributed by atoms with E-state index in [1.54, 1.807) is 48.5 Å². The van der Waals surface area contributed by atoms with Gasteiger partial charge in [0.15, 0.2) is 5.78 Å². The highest BCUT2D eigenvalue weighted by atomic mass is 19.1. The van der Waals surface area contributed by atoms with Crippen LogP contribution in [-0.4, -0.2) is 23.2 Å². The number of benzene rings is 2. The van der Waals surface area contributed by atoms with Crippen LogP contribution in [0.4, 0.5) is 15.9 Å². The first-order chi connectivity index (χ1) is 13.5. The lowest BCUT2D eigenvalue weighted by Gasteiger charge is -2.08. The molecule has 3 aromatic rings. The Labute approximate surface area is 162 Å². The van der Waals surface area contributed by atoms with Crippen LogP contribution in [0.15, 0.2) is 66.9 Å². The summed E-state index contributed by atoms with van der Waals surface area (Å²) in [4.78, 5) is 27.7. The van der Waals surface area contributed by atoms with Crippen LogP contribution >= 0.6 is 0 Å². The lowest BCUT2D eigenvalue weighted by molar-refractivity contribution is 0.0952. The van der Waals surface area contributed by atoms with E-state index in [-0.39, 0.29) is 17.5 Å². The van der Waals surface area contributed by atoms with Crippen molar-refractivity contribution in [2.75, 3.05) is 11.9 Å². The summed E-state index contributed by atoms with van der Waals surface area (Å²) in [5, 5.41) is 5.94. The standard InChI is InChI=1S/C22H20FN3O2/c1-15(27)17-4-9-20(10-5-17)26-21-11-6-18(14-25-21)22(28)24-13-12-16-2-7-19(23)8-3-16/h2-11,14H,12-13H2,1H3,(H,24,28)(H,25,26). The van der Waals surface area contributed by atoms with E-state index in [1.165, 1.54) is 25.3 Å². The van der Waals surface area contributed by atoms with Crippen LogP contribution in [-0.2, 0) is 6.42 Å². The zero-order chi connectivity index (χ0) is 19.9. The summed E-state index contributed by atoms with van der Waals surface area (Å²) in [5.74, 6) is 0.118. The van der Waals surface area contributed by atoms with Crippen LogP contribution in [0.5, 0.6) is 0 Å². The number of ketones is 1. The third kappa shape index (κ3) is 5.23. The average molecular weight is 377 g/mol. The maximum atomic E-state index is 12.9. The van der Waals surface area contributed by atoms with Crippen LogP contribution in [0, 0.1) is 5.82 Å². The number of rotatable bonds is 7. The molecule has 0 spiro atoms. The predicted octanol–water partition coefficient (Wildman–Crippen LogP) is 4.14. The van der Waals surface area contributed by atoms with E-state index >= 15 is 0 Å². The molecule has 0 aliphatic carbocycles. The molecule has 0 unspecified atom stereocenters. The number of hydrogen-bond donors (Lipinski definition) is 2. The predicted molar refractivity (Wildman–Crippen MR) is 106 cm³/mol. The zero-order valence-corrected chi connectivity index (χ0v) is 15.4. The molecule has 0 saturated carbocycles. The van der Waals surface area contributed by atoms with Crippen LogP contribution in [0.3, 0.4) is 0 Å². The van der Waals surface area contributed by atoms with Gasteiger partial charge in [-0.15, -0.1) is 0 Å². The Morgan fingerprint density at radius 1 is 0.929 bits per heavy atom. The number of halogens is 1. The van der Waals surface area contributed by atoms with E-state index in [4.69, 9.17) is 0 Å². The lowest BCUT2D eigenvalue weighted by Crippen LogP contribution is -2.25. The molecule has 0 radical (unpaired) electrons. The summed E-state index contributed by atoms with van der Waals surface area (Å²) in [5.41, 5.74) is 2.85. The Bertz CT molecular complexity index is 953. The fourth-order valence-corrected chi connectivity index (χ4v) is 2.61. The van der Waals surface area contributed by atoms with Gasteiger partial charge in [-0.25, -0.2) is 9.37 Å². The molecule has 3 rings (SSSR count). The largest absolute Gasteiger partial charge is 0.352 e. The molecule has 0 saturated heterocycles. The lowest BCUT2D eigenvalue weighted by atomic mass is 10.1. The summed E-state index contributed by atoms with van der Waals surface area (Å²) >= 11 is 0. The number of aromatic nitrogens is 1. The van der Waals surface area contributed by atoms with Crippen LogP contribution < -0.4 is 10.6 Å². The normalized spacial score (nSPS) is 10.4. The molecule has 0 fully saturated rings. The molecule has 0 aliphatic rings. The number of carbonyl (C=O) groups is 2. The van der Waals surface area contributed by atoms with Crippen molar-refractivity contribution in [1.29, 1.82) is 0 Å². The summed E-state index contributed by atoms with van der Waals surface area (Å²) in [6.45, 7) is 1.97. The highest BCUT2D eigenvalue weighted by molar-refractivity contribution is 5.95. The summed E-state index contributed by atoms with van der Waals surface area (Å²) in [6, 6.07) is 16.7. The Morgan fingerprint density at radius 2 is 1.61 bits per heavy atom. The van der Waals surface area contributed by atoms with Crippen LogP contribution in [0.1, 0.15) is 33.2 Å². The summed E-state index contributed by atoms with van der Waals surface area (Å²) in [6.07, 6.45) is 2.12. The van der Waals surface area contributed by atoms with E-state index in [1.807, 2.05) is 0 Å². The van der Waals surface area contributed by atoms with E-state index in [9.17, 15) is 14.0 Å². The third-order valence-electron chi connectivity index (χ3n) is 4.20. The Morgan fingerprint density at radius 3 is 2.21 bits per heavy atom. The first-order valence-electron chi connectivity index (χ1n) is 8.88. The molecule has 1 heterocycles. The minimum absolute atomic E-state index is 0.0134. The molecule has 1 amide bonds. The van der Waals surface area contributed by atoms with Crippen molar-refractivity contribution in [3.63, 3.8) is 0 Å². The second-order valence-electron chi connectivity index (χ2n) is 6.32. The van der Waals surface area contributed by atoms with Crippen molar-refractivity contribution in [2.24, 2.45) is 0 Å². The zero-order valence-electron chi connectivity index (χ0n) is 15.4. The number of anilines is 2. The molecule has 0 atom stereocenters. The van der Waals surface area contributed by atoms with Gasteiger partial charge < -0.3 is 10.6 Å². The van der Waals surface area contributed by atoms with E-state index in [2.05, 4.69) is 15.6 Å². The number of nitrogens with one attached hydrogen (secondary N) is 2. The molecule has 28 heavy (non-hydrogen) atoms. The number of Topliss-reactive ketones (excluding diaryl/α,β-unsaturated/α-hetero) is 1. The third-order valence-corrected chi connectivity index (χ3v) is 4.20.